The summed E-state index contributed by atoms with van der Waals surface area (Å²) in [5.41, 5.74) is 6.50. The predicted octanol–water partition coefficient (Wildman–Crippen LogP) is 7.07. The highest BCUT2D eigenvalue weighted by atomic mass is 19.2. The Balaban J connectivity index is 1.56. The second-order valence-electron chi connectivity index (χ2n) is 11.3. The quantitative estimate of drug-likeness (QED) is 0.138. The molecule has 4 aromatic rings. The Bertz CT molecular complexity index is 1780. The number of anilines is 1. The smallest absolute Gasteiger partial charge is 0.407 e. The number of halogens is 3. The van der Waals surface area contributed by atoms with Crippen LogP contribution in [-0.2, 0) is 9.47 Å². The third-order valence-electron chi connectivity index (χ3n) is 6.48. The fourth-order valence-electron chi connectivity index (χ4n) is 4.40. The number of primary amides is 1. The summed E-state index contributed by atoms with van der Waals surface area (Å²) in [5.74, 6) is -2.49. The van der Waals surface area contributed by atoms with Gasteiger partial charge >= 0.3 is 12.2 Å². The van der Waals surface area contributed by atoms with Gasteiger partial charge in [-0.25, -0.2) is 22.8 Å². The average Bonchev–Trinajstić information content (AvgIpc) is 3.02. The van der Waals surface area contributed by atoms with Crippen LogP contribution in [0, 0.1) is 17.5 Å². The van der Waals surface area contributed by atoms with E-state index in [1.165, 1.54) is 36.4 Å². The maximum Gasteiger partial charge on any atom is 0.407 e. The second-order valence-corrected chi connectivity index (χ2v) is 11.3. The van der Waals surface area contributed by atoms with Gasteiger partial charge in [0.1, 0.15) is 42.7 Å². The highest BCUT2D eigenvalue weighted by Gasteiger charge is 2.18. The van der Waals surface area contributed by atoms with Crippen molar-refractivity contribution in [2.45, 2.75) is 26.4 Å². The summed E-state index contributed by atoms with van der Waals surface area (Å²) in [6.07, 6.45) is -1.57. The topological polar surface area (TPSA) is 138 Å². The van der Waals surface area contributed by atoms with Crippen LogP contribution < -0.4 is 25.8 Å². The summed E-state index contributed by atoms with van der Waals surface area (Å²) in [4.78, 5) is 36.3. The molecule has 13 heteroatoms. The Hall–Kier alpha value is -5.72. The molecule has 0 fully saturated rings. The molecular weight excluding hydrogens is 631 g/mol. The van der Waals surface area contributed by atoms with Crippen molar-refractivity contribution in [1.82, 2.24) is 5.32 Å². The molecule has 10 nitrogen and oxygen atoms in total. The summed E-state index contributed by atoms with van der Waals surface area (Å²) in [6.45, 7) is 5.23. The first-order valence-corrected chi connectivity index (χ1v) is 14.7. The minimum absolute atomic E-state index is 0.0922. The van der Waals surface area contributed by atoms with Crippen LogP contribution in [0.2, 0.25) is 0 Å². The zero-order valence-corrected chi connectivity index (χ0v) is 26.4. The van der Waals surface area contributed by atoms with E-state index in [0.29, 0.717) is 22.6 Å². The summed E-state index contributed by atoms with van der Waals surface area (Å²) in [6, 6.07) is 18.2. The molecule has 0 saturated heterocycles. The summed E-state index contributed by atoms with van der Waals surface area (Å²) >= 11 is 0. The van der Waals surface area contributed by atoms with E-state index in [4.69, 9.17) is 19.9 Å². The fraction of sp³-hybridized carbons (Fsp3) is 0.229. The minimum Gasteiger partial charge on any atom is -0.491 e. The number of ether oxygens (including phenoxy) is 4. The summed E-state index contributed by atoms with van der Waals surface area (Å²) in [5, 5.41) is 5.42. The number of hydrogen-bond acceptors (Lipinski definition) is 7. The lowest BCUT2D eigenvalue weighted by atomic mass is 10.0. The number of rotatable bonds is 12. The first-order valence-electron chi connectivity index (χ1n) is 14.7. The monoisotopic (exact) mass is 665 g/mol. The van der Waals surface area contributed by atoms with Crippen LogP contribution in [0.4, 0.5) is 28.4 Å². The first-order chi connectivity index (χ1) is 22.8. The van der Waals surface area contributed by atoms with E-state index in [0.717, 1.165) is 12.1 Å². The molecule has 0 saturated carbocycles. The Morgan fingerprint density at radius 1 is 0.729 bits per heavy atom. The molecule has 4 N–H and O–H groups in total. The molecule has 3 amide bonds. The molecule has 4 aromatic carbocycles. The van der Waals surface area contributed by atoms with E-state index in [-0.39, 0.29) is 48.8 Å². The van der Waals surface area contributed by atoms with Crippen molar-refractivity contribution in [2.24, 2.45) is 5.73 Å². The van der Waals surface area contributed by atoms with Crippen LogP contribution in [0.15, 0.2) is 78.9 Å². The number of benzene rings is 4. The zero-order valence-electron chi connectivity index (χ0n) is 26.4. The van der Waals surface area contributed by atoms with E-state index >= 15 is 0 Å². The maximum absolute atomic E-state index is 14.1. The zero-order chi connectivity index (χ0) is 34.8. The van der Waals surface area contributed by atoms with Gasteiger partial charge in [0.2, 0.25) is 0 Å². The number of nitrogens with one attached hydrogen (secondary N) is 2. The predicted molar refractivity (Wildman–Crippen MR) is 172 cm³/mol. The lowest BCUT2D eigenvalue weighted by Gasteiger charge is -2.20. The van der Waals surface area contributed by atoms with Gasteiger partial charge in [0.15, 0.2) is 11.6 Å². The second kappa shape index (κ2) is 15.7. The normalized spacial score (nSPS) is 11.0. The van der Waals surface area contributed by atoms with Crippen molar-refractivity contribution < 1.29 is 46.5 Å². The van der Waals surface area contributed by atoms with E-state index in [1.54, 1.807) is 51.1 Å². The van der Waals surface area contributed by atoms with Gasteiger partial charge in [-0.3, -0.25) is 4.79 Å². The van der Waals surface area contributed by atoms with Gasteiger partial charge < -0.3 is 35.3 Å². The van der Waals surface area contributed by atoms with Crippen molar-refractivity contribution >= 4 is 23.8 Å². The third kappa shape index (κ3) is 10.1. The van der Waals surface area contributed by atoms with Crippen molar-refractivity contribution in [2.75, 3.05) is 31.7 Å². The molecule has 252 valence electrons. The number of nitrogens with two attached hydrogens (primary N) is 1. The van der Waals surface area contributed by atoms with Gasteiger partial charge in [-0.2, -0.15) is 0 Å². The van der Waals surface area contributed by atoms with Gasteiger partial charge in [-0.05, 0) is 92.6 Å². The van der Waals surface area contributed by atoms with Crippen LogP contribution in [-0.4, -0.2) is 50.1 Å². The molecule has 4 rings (SSSR count). The fourth-order valence-corrected chi connectivity index (χ4v) is 4.40. The van der Waals surface area contributed by atoms with Crippen LogP contribution in [0.25, 0.3) is 22.3 Å². The largest absolute Gasteiger partial charge is 0.491 e. The van der Waals surface area contributed by atoms with E-state index < -0.39 is 41.1 Å². The van der Waals surface area contributed by atoms with Gasteiger partial charge in [-0.15, -0.1) is 0 Å². The lowest BCUT2D eigenvalue weighted by Crippen LogP contribution is -2.34. The molecule has 0 spiro atoms. The Labute approximate surface area is 274 Å². The van der Waals surface area contributed by atoms with Gasteiger partial charge in [-0.1, -0.05) is 18.2 Å². The Morgan fingerprint density at radius 2 is 1.38 bits per heavy atom. The number of carbonyl (C=O) groups excluding carboxylic acids is 3. The van der Waals surface area contributed by atoms with Crippen molar-refractivity contribution in [3.05, 3.63) is 102 Å². The standard InChI is InChI=1S/C35H34F3N3O7/c1-35(2,3)48-34(44)40-14-15-45-31-13-10-25(20-27(31)21-4-8-24(36)9-5-21)41-32(42)23-7-12-30(46-16-17-47-33(39)43)26(18-23)22-6-11-28(37)29(38)19-22/h4-13,18-20H,14-17H2,1-3H3,(H2,39,43)(H,40,44)(H,41,42). The molecule has 0 radical (unpaired) electrons. The summed E-state index contributed by atoms with van der Waals surface area (Å²) in [7, 11) is 0. The Morgan fingerprint density at radius 3 is 2.04 bits per heavy atom. The number of hydrogen-bond donors (Lipinski definition) is 3. The molecule has 0 aliphatic heterocycles. The third-order valence-corrected chi connectivity index (χ3v) is 6.48. The molecule has 0 aromatic heterocycles. The van der Waals surface area contributed by atoms with Gasteiger partial charge in [0.05, 0.1) is 6.54 Å². The SMILES string of the molecule is CC(C)(C)OC(=O)NCCOc1ccc(NC(=O)c2ccc(OCCOC(N)=O)c(-c3ccc(F)c(F)c3)c2)cc1-c1ccc(F)cc1. The van der Waals surface area contributed by atoms with E-state index in [2.05, 4.69) is 15.4 Å². The van der Waals surface area contributed by atoms with Crippen LogP contribution >= 0.6 is 0 Å². The molecule has 0 unspecified atom stereocenters. The van der Waals surface area contributed by atoms with Crippen LogP contribution in [0.3, 0.4) is 0 Å². The number of carbonyl (C=O) groups is 3. The highest BCUT2D eigenvalue weighted by Crippen LogP contribution is 2.35. The lowest BCUT2D eigenvalue weighted by molar-refractivity contribution is 0.0520. The molecule has 0 aliphatic carbocycles. The van der Waals surface area contributed by atoms with E-state index in [9.17, 15) is 27.6 Å². The first kappa shape index (κ1) is 35.1. The maximum atomic E-state index is 14.1. The van der Waals surface area contributed by atoms with Crippen molar-refractivity contribution in [3.63, 3.8) is 0 Å². The molecule has 48 heavy (non-hydrogen) atoms. The van der Waals surface area contributed by atoms with Crippen LogP contribution in [0.5, 0.6) is 11.5 Å². The highest BCUT2D eigenvalue weighted by molar-refractivity contribution is 6.05. The molecule has 0 bridgehead atoms. The van der Waals surface area contributed by atoms with Crippen molar-refractivity contribution in [1.29, 1.82) is 0 Å². The van der Waals surface area contributed by atoms with Gasteiger partial charge in [0.25, 0.3) is 5.91 Å². The molecule has 0 heterocycles. The summed E-state index contributed by atoms with van der Waals surface area (Å²) < 4.78 is 63.0. The Kier molecular flexibility index (Phi) is 11.5. The molecule has 0 aliphatic rings. The number of amides is 3. The number of alkyl carbamates (subject to hydrolysis) is 1. The van der Waals surface area contributed by atoms with Crippen molar-refractivity contribution in [3.8, 4) is 33.8 Å². The average molecular weight is 666 g/mol. The minimum atomic E-state index is -1.10. The van der Waals surface area contributed by atoms with E-state index in [1.807, 2.05) is 0 Å². The molecule has 0 atom stereocenters. The van der Waals surface area contributed by atoms with Crippen LogP contribution in [0.1, 0.15) is 31.1 Å². The van der Waals surface area contributed by atoms with Gasteiger partial charge in [0, 0.05) is 22.4 Å². The molecular formula is C35H34F3N3O7.